The van der Waals surface area contributed by atoms with E-state index in [9.17, 15) is 9.59 Å². The number of ether oxygens (including phenoxy) is 2. The molecule has 0 aliphatic heterocycles. The molecule has 2 amide bonds. The lowest BCUT2D eigenvalue weighted by atomic mass is 9.90. The van der Waals surface area contributed by atoms with E-state index in [1.807, 2.05) is 75.5 Å². The lowest BCUT2D eigenvalue weighted by Crippen LogP contribution is -2.32. The normalized spacial score (nSPS) is 11.0. The minimum Gasteiger partial charge on any atom is -0.464 e. The average molecular weight is 838 g/mol. The Kier molecular flexibility index (Phi) is 15.2. The summed E-state index contributed by atoms with van der Waals surface area (Å²) in [6, 6.07) is 18.8. The minimum atomic E-state index is -1.46. The number of nitrogens with one attached hydrogen (secondary N) is 2. The van der Waals surface area contributed by atoms with Crippen LogP contribution in [0.4, 0.5) is 9.59 Å². The van der Waals surface area contributed by atoms with E-state index in [-0.39, 0.29) is 0 Å². The van der Waals surface area contributed by atoms with Gasteiger partial charge in [-0.2, -0.15) is 0 Å². The highest BCUT2D eigenvalue weighted by atomic mass is 79.9. The molecule has 6 aromatic rings. The van der Waals surface area contributed by atoms with Gasteiger partial charge in [0.2, 0.25) is 0 Å². The van der Waals surface area contributed by atoms with Crippen LogP contribution in [0, 0.1) is 0 Å². The molecule has 0 atom stereocenters. The van der Waals surface area contributed by atoms with Crippen molar-refractivity contribution in [2.24, 2.45) is 0 Å². The maximum Gasteiger partial charge on any atom is 0.499 e. The van der Waals surface area contributed by atoms with Gasteiger partial charge >= 0.3 is 19.3 Å². The summed E-state index contributed by atoms with van der Waals surface area (Å²) in [5.41, 5.74) is 2.00. The van der Waals surface area contributed by atoms with Crippen LogP contribution < -0.4 is 15.4 Å². The van der Waals surface area contributed by atoms with Crippen molar-refractivity contribution in [1.82, 2.24) is 20.6 Å². The number of alkyl carbamates (subject to hydrolysis) is 2. The zero-order valence-electron chi connectivity index (χ0n) is 30.7. The molecule has 0 radical (unpaired) electrons. The number of furan rings is 2. The van der Waals surface area contributed by atoms with E-state index in [2.05, 4.69) is 36.5 Å². The number of halogens is 1. The molecule has 54 heavy (non-hydrogen) atoms. The van der Waals surface area contributed by atoms with Crippen molar-refractivity contribution in [3.05, 3.63) is 112 Å². The van der Waals surface area contributed by atoms with Crippen molar-refractivity contribution < 1.29 is 37.9 Å². The third-order valence-corrected chi connectivity index (χ3v) is 9.52. The zero-order valence-corrected chi connectivity index (χ0v) is 33.9. The molecule has 16 heteroatoms. The number of rotatable bonds is 8. The van der Waals surface area contributed by atoms with Gasteiger partial charge in [0.15, 0.2) is 0 Å². The topological polar surface area (TPSA) is 169 Å². The first-order valence-corrected chi connectivity index (χ1v) is 19.1. The highest BCUT2D eigenvalue weighted by Crippen LogP contribution is 2.35. The predicted molar refractivity (Wildman–Crippen MR) is 215 cm³/mol. The minimum absolute atomic E-state index is 0.312. The van der Waals surface area contributed by atoms with E-state index < -0.39 is 30.5 Å². The van der Waals surface area contributed by atoms with Crippen LogP contribution in [0.15, 0.2) is 111 Å². The van der Waals surface area contributed by atoms with Crippen LogP contribution in [0.3, 0.4) is 0 Å². The molecule has 0 unspecified atom stereocenters. The molecule has 0 saturated heterocycles. The Balaban J connectivity index is 0.000000194. The quantitative estimate of drug-likeness (QED) is 0.109. The smallest absolute Gasteiger partial charge is 0.464 e. The Morgan fingerprint density at radius 1 is 0.722 bits per heavy atom. The molecule has 0 fully saturated rings. The first kappa shape index (κ1) is 42.0. The number of nitrogens with zero attached hydrogens (tertiary/aromatic N) is 2. The number of hydrogen-bond acceptors (Lipinski definition) is 12. The maximum atomic E-state index is 11.8. The molecule has 4 N–H and O–H groups in total. The second kappa shape index (κ2) is 19.5. The molecular formula is C38H42BBrN4O8S2. The molecule has 12 nitrogen and oxygen atoms in total. The maximum absolute atomic E-state index is 11.8. The summed E-state index contributed by atoms with van der Waals surface area (Å²) >= 11 is 6.23. The number of pyridine rings is 2. The Hall–Kier alpha value is -4.74. The van der Waals surface area contributed by atoms with E-state index >= 15 is 0 Å². The van der Waals surface area contributed by atoms with Crippen molar-refractivity contribution in [2.45, 2.75) is 65.8 Å². The SMILES string of the molecule is Brc1cnccc1-c1ccco1.CC(C)(C)OC(=O)NCc1ccc(-c2cnccc2-c2ccco2)s1.CC(C)(C)OC(=O)NCc1ccc(B(O)O)s1. The number of hydrogen-bond donors (Lipinski definition) is 4. The Morgan fingerprint density at radius 3 is 1.74 bits per heavy atom. The molecule has 0 aliphatic carbocycles. The third kappa shape index (κ3) is 13.9. The first-order chi connectivity index (χ1) is 25.6. The highest BCUT2D eigenvalue weighted by Gasteiger charge is 2.18. The molecule has 0 aliphatic rings. The number of amides is 2. The molecule has 6 heterocycles. The largest absolute Gasteiger partial charge is 0.499 e. The van der Waals surface area contributed by atoms with Gasteiger partial charge in [0.1, 0.15) is 22.7 Å². The van der Waals surface area contributed by atoms with E-state index in [0.29, 0.717) is 17.9 Å². The zero-order chi connectivity index (χ0) is 39.3. The van der Waals surface area contributed by atoms with Crippen molar-refractivity contribution >= 4 is 62.7 Å². The summed E-state index contributed by atoms with van der Waals surface area (Å²) < 4.78 is 22.5. The predicted octanol–water partition coefficient (Wildman–Crippen LogP) is 8.65. The van der Waals surface area contributed by atoms with E-state index in [1.54, 1.807) is 75.4 Å². The molecule has 6 aromatic heterocycles. The number of thiophene rings is 2. The number of carbonyl (C=O) groups excluding carboxylic acids is 2. The second-order valence-corrected chi connectivity index (χ2v) is 16.6. The van der Waals surface area contributed by atoms with Gasteiger partial charge in [-0.25, -0.2) is 9.59 Å². The first-order valence-electron chi connectivity index (χ1n) is 16.7. The van der Waals surface area contributed by atoms with Crippen molar-refractivity contribution in [3.8, 4) is 33.1 Å². The summed E-state index contributed by atoms with van der Waals surface area (Å²) in [6.07, 6.45) is 9.47. The van der Waals surface area contributed by atoms with E-state index in [0.717, 1.165) is 47.3 Å². The molecule has 0 bridgehead atoms. The number of carbonyl (C=O) groups is 2. The molecule has 284 valence electrons. The summed E-state index contributed by atoms with van der Waals surface area (Å²) in [7, 11) is -1.46. The van der Waals surface area contributed by atoms with Crippen LogP contribution >= 0.6 is 38.6 Å². The molecule has 0 aromatic carbocycles. The van der Waals surface area contributed by atoms with Gasteiger partial charge in [-0.15, -0.1) is 22.7 Å². The monoisotopic (exact) mass is 836 g/mol. The van der Waals surface area contributed by atoms with Crippen molar-refractivity contribution in [3.63, 3.8) is 0 Å². The van der Waals surface area contributed by atoms with E-state index in [1.165, 1.54) is 11.3 Å². The van der Waals surface area contributed by atoms with Gasteiger partial charge in [-0.3, -0.25) is 9.97 Å². The summed E-state index contributed by atoms with van der Waals surface area (Å²) in [5.74, 6) is 1.66. The lowest BCUT2D eigenvalue weighted by Gasteiger charge is -2.19. The fourth-order valence-electron chi connectivity index (χ4n) is 4.44. The molecule has 0 spiro atoms. The van der Waals surface area contributed by atoms with Crippen LogP contribution in [0.5, 0.6) is 0 Å². The van der Waals surface area contributed by atoms with Crippen LogP contribution in [-0.2, 0) is 22.6 Å². The highest BCUT2D eigenvalue weighted by molar-refractivity contribution is 9.10. The fraction of sp³-hybridized carbons (Fsp3) is 0.263. The van der Waals surface area contributed by atoms with Crippen LogP contribution in [0.25, 0.3) is 33.1 Å². The Bertz CT molecular complexity index is 2050. The summed E-state index contributed by atoms with van der Waals surface area (Å²) in [4.78, 5) is 34.2. The van der Waals surface area contributed by atoms with Gasteiger partial charge in [-0.05, 0) is 112 Å². The van der Waals surface area contributed by atoms with Gasteiger partial charge < -0.3 is 39.0 Å². The molecule has 6 rings (SSSR count). The van der Waals surface area contributed by atoms with Crippen LogP contribution in [-0.4, -0.2) is 50.5 Å². The molecule has 0 saturated carbocycles. The fourth-order valence-corrected chi connectivity index (χ4v) is 6.68. The van der Waals surface area contributed by atoms with Crippen molar-refractivity contribution in [2.75, 3.05) is 0 Å². The Labute approximate surface area is 330 Å². The van der Waals surface area contributed by atoms with E-state index in [4.69, 9.17) is 28.4 Å². The standard InChI is InChI=1S/C19H20N2O3S.C10H16BNO4S.C9H6BrNO/c1-19(2,3)24-18(22)21-11-13-6-7-17(25-13)15-12-20-9-8-14(15)16-5-4-10-23-16;1-10(2,3)16-9(13)12-6-7-4-5-8(17-7)11(14)15;10-8-6-11-4-3-7(8)9-2-1-5-12-9/h4-10,12H,11H2,1-3H3,(H,21,22);4-5,14-15H,6H2,1-3H3,(H,12,13);1-6H. The Morgan fingerprint density at radius 2 is 1.24 bits per heavy atom. The van der Waals surface area contributed by atoms with Crippen LogP contribution in [0.1, 0.15) is 51.3 Å². The van der Waals surface area contributed by atoms with Gasteiger partial charge in [0.25, 0.3) is 0 Å². The molecular weight excluding hydrogens is 795 g/mol. The van der Waals surface area contributed by atoms with Gasteiger partial charge in [-0.1, -0.05) is 6.07 Å². The van der Waals surface area contributed by atoms with Gasteiger partial charge in [0, 0.05) is 65.4 Å². The lowest BCUT2D eigenvalue weighted by molar-refractivity contribution is 0.0512. The van der Waals surface area contributed by atoms with Crippen LogP contribution in [0.2, 0.25) is 0 Å². The second-order valence-electron chi connectivity index (χ2n) is 13.4. The average Bonchev–Trinajstić information content (AvgIpc) is 3.94. The summed E-state index contributed by atoms with van der Waals surface area (Å²) in [6.45, 7) is 11.6. The van der Waals surface area contributed by atoms with Crippen molar-refractivity contribution in [1.29, 1.82) is 0 Å². The number of aromatic nitrogens is 2. The third-order valence-electron chi connectivity index (χ3n) is 6.64. The van der Waals surface area contributed by atoms with Gasteiger partial charge in [0.05, 0.1) is 25.6 Å². The summed E-state index contributed by atoms with van der Waals surface area (Å²) in [5, 5.41) is 23.2.